The molecular formula is C18H22O2. The van der Waals surface area contributed by atoms with E-state index in [1.54, 1.807) is 7.11 Å². The highest BCUT2D eigenvalue weighted by Gasteiger charge is 2.37. The normalized spacial score (nSPS) is 26.4. The van der Waals surface area contributed by atoms with Crippen molar-refractivity contribution in [1.29, 1.82) is 0 Å². The number of hydrogen-bond donors (Lipinski definition) is 0. The first kappa shape index (κ1) is 14.7. The Labute approximate surface area is 121 Å². The summed E-state index contributed by atoms with van der Waals surface area (Å²) in [5, 5.41) is 0. The molecule has 1 aromatic carbocycles. The lowest BCUT2D eigenvalue weighted by Gasteiger charge is -2.30. The summed E-state index contributed by atoms with van der Waals surface area (Å²) in [6.45, 7) is 3.98. The highest BCUT2D eigenvalue weighted by Crippen LogP contribution is 2.31. The van der Waals surface area contributed by atoms with Gasteiger partial charge in [-0.15, -0.1) is 0 Å². The van der Waals surface area contributed by atoms with Gasteiger partial charge in [0, 0.05) is 18.9 Å². The van der Waals surface area contributed by atoms with Crippen LogP contribution in [-0.2, 0) is 9.53 Å². The van der Waals surface area contributed by atoms with Crippen LogP contribution in [0.1, 0.15) is 31.7 Å². The molecule has 0 amide bonds. The Hall–Kier alpha value is -1.67. The van der Waals surface area contributed by atoms with Crippen LogP contribution in [0.5, 0.6) is 0 Å². The lowest BCUT2D eigenvalue weighted by atomic mass is 9.81. The third-order valence-electron chi connectivity index (χ3n) is 4.07. The Balaban J connectivity index is 2.22. The van der Waals surface area contributed by atoms with Gasteiger partial charge in [-0.1, -0.05) is 56.3 Å². The predicted molar refractivity (Wildman–Crippen MR) is 81.7 cm³/mol. The van der Waals surface area contributed by atoms with Gasteiger partial charge in [0.15, 0.2) is 11.4 Å². The highest BCUT2D eigenvalue weighted by molar-refractivity contribution is 5.93. The number of Topliss-reactive ketones (excluding diaryl/α,β-unsaturated/α-hetero) is 1. The summed E-state index contributed by atoms with van der Waals surface area (Å²) in [5.74, 6) is 0.336. The van der Waals surface area contributed by atoms with Crippen LogP contribution in [0.25, 0.3) is 0 Å². The van der Waals surface area contributed by atoms with Gasteiger partial charge in [0.25, 0.3) is 0 Å². The van der Waals surface area contributed by atoms with Crippen molar-refractivity contribution in [1.82, 2.24) is 0 Å². The van der Waals surface area contributed by atoms with Gasteiger partial charge in [-0.25, -0.2) is 0 Å². The third kappa shape index (κ3) is 2.75. The van der Waals surface area contributed by atoms with Crippen molar-refractivity contribution in [2.45, 2.75) is 31.8 Å². The summed E-state index contributed by atoms with van der Waals surface area (Å²) in [6, 6.07) is 10.2. The average Bonchev–Trinajstić information content (AvgIpc) is 2.54. The van der Waals surface area contributed by atoms with E-state index in [4.69, 9.17) is 4.74 Å². The number of ether oxygens (including phenoxy) is 1. The molecular weight excluding hydrogens is 248 g/mol. The number of benzene rings is 1. The zero-order valence-corrected chi connectivity index (χ0v) is 12.4. The topological polar surface area (TPSA) is 26.3 Å². The van der Waals surface area contributed by atoms with E-state index in [9.17, 15) is 4.79 Å². The molecule has 1 aliphatic carbocycles. The minimum absolute atomic E-state index is 0.00229. The number of rotatable bonds is 5. The Kier molecular flexibility index (Phi) is 4.56. The first-order valence-corrected chi connectivity index (χ1v) is 7.16. The van der Waals surface area contributed by atoms with Crippen molar-refractivity contribution in [2.24, 2.45) is 5.92 Å². The Bertz CT molecular complexity index is 499. The second-order valence-electron chi connectivity index (χ2n) is 5.33. The van der Waals surface area contributed by atoms with Crippen molar-refractivity contribution in [2.75, 3.05) is 7.11 Å². The van der Waals surface area contributed by atoms with Crippen LogP contribution >= 0.6 is 0 Å². The molecule has 0 radical (unpaired) electrons. The number of allylic oxidation sites excluding steroid dienone is 2. The molecule has 20 heavy (non-hydrogen) atoms. The fourth-order valence-corrected chi connectivity index (χ4v) is 2.48. The van der Waals surface area contributed by atoms with Gasteiger partial charge in [0.05, 0.1) is 0 Å². The number of methoxy groups -OCH3 is 1. The van der Waals surface area contributed by atoms with Crippen molar-refractivity contribution >= 4 is 5.78 Å². The van der Waals surface area contributed by atoms with Crippen molar-refractivity contribution in [3.63, 3.8) is 0 Å². The highest BCUT2D eigenvalue weighted by atomic mass is 16.5. The van der Waals surface area contributed by atoms with Gasteiger partial charge in [-0.05, 0) is 24.1 Å². The SMILES string of the molecule is CCC(C)C(=O)C1(OC)C=CC(c2ccccc2)C=C1. The van der Waals surface area contributed by atoms with Gasteiger partial charge in [-0.2, -0.15) is 0 Å². The number of carbonyl (C=O) groups excluding carboxylic acids is 1. The second-order valence-corrected chi connectivity index (χ2v) is 5.33. The maximum atomic E-state index is 12.5. The van der Waals surface area contributed by atoms with Crippen LogP contribution in [-0.4, -0.2) is 18.5 Å². The monoisotopic (exact) mass is 270 g/mol. The van der Waals surface area contributed by atoms with Crippen LogP contribution < -0.4 is 0 Å². The molecule has 0 saturated carbocycles. The van der Waals surface area contributed by atoms with Gasteiger partial charge in [0.2, 0.25) is 0 Å². The van der Waals surface area contributed by atoms with Gasteiger partial charge in [-0.3, -0.25) is 4.79 Å². The molecule has 0 saturated heterocycles. The van der Waals surface area contributed by atoms with Gasteiger partial charge < -0.3 is 4.74 Å². The van der Waals surface area contributed by atoms with Crippen molar-refractivity contribution in [3.05, 3.63) is 60.2 Å². The quantitative estimate of drug-likeness (QED) is 0.759. The standard InChI is InChI=1S/C18H22O2/c1-4-14(2)17(19)18(20-3)12-10-16(11-13-18)15-8-6-5-7-9-15/h5-14,16H,4H2,1-3H3. The summed E-state index contributed by atoms with van der Waals surface area (Å²) < 4.78 is 5.52. The summed E-state index contributed by atoms with van der Waals surface area (Å²) >= 11 is 0. The molecule has 1 atom stereocenters. The van der Waals surface area contributed by atoms with E-state index in [-0.39, 0.29) is 17.6 Å². The maximum absolute atomic E-state index is 12.5. The Morgan fingerprint density at radius 3 is 2.35 bits per heavy atom. The molecule has 1 aliphatic rings. The average molecular weight is 270 g/mol. The molecule has 0 heterocycles. The lowest BCUT2D eigenvalue weighted by Crippen LogP contribution is -2.41. The third-order valence-corrected chi connectivity index (χ3v) is 4.07. The Morgan fingerprint density at radius 2 is 1.85 bits per heavy atom. The zero-order valence-electron chi connectivity index (χ0n) is 12.4. The molecule has 1 aromatic rings. The van der Waals surface area contributed by atoms with E-state index in [1.165, 1.54) is 5.56 Å². The van der Waals surface area contributed by atoms with E-state index in [2.05, 4.69) is 24.3 Å². The van der Waals surface area contributed by atoms with E-state index in [0.717, 1.165) is 6.42 Å². The first-order chi connectivity index (χ1) is 9.63. The summed E-state index contributed by atoms with van der Waals surface area (Å²) in [5.41, 5.74) is 0.335. The molecule has 1 unspecified atom stereocenters. The van der Waals surface area contributed by atoms with Crippen molar-refractivity contribution in [3.8, 4) is 0 Å². The van der Waals surface area contributed by atoms with Crippen LogP contribution in [0.3, 0.4) is 0 Å². The summed E-state index contributed by atoms with van der Waals surface area (Å²) in [7, 11) is 1.60. The zero-order chi connectivity index (χ0) is 14.6. The second kappa shape index (κ2) is 6.19. The first-order valence-electron chi connectivity index (χ1n) is 7.16. The van der Waals surface area contributed by atoms with E-state index >= 15 is 0 Å². The van der Waals surface area contributed by atoms with Crippen LogP contribution in [0, 0.1) is 5.92 Å². The fraction of sp³-hybridized carbons (Fsp3) is 0.389. The van der Waals surface area contributed by atoms with Crippen molar-refractivity contribution < 1.29 is 9.53 Å². The largest absolute Gasteiger partial charge is 0.362 e. The minimum Gasteiger partial charge on any atom is -0.362 e. The molecule has 2 rings (SSSR count). The molecule has 2 heteroatoms. The molecule has 0 aliphatic heterocycles. The number of ketones is 1. The minimum atomic E-state index is -0.888. The molecule has 0 fully saturated rings. The van der Waals surface area contributed by atoms with Crippen LogP contribution in [0.4, 0.5) is 0 Å². The van der Waals surface area contributed by atoms with Gasteiger partial charge >= 0.3 is 0 Å². The van der Waals surface area contributed by atoms with Crippen LogP contribution in [0.15, 0.2) is 54.6 Å². The van der Waals surface area contributed by atoms with Gasteiger partial charge in [0.1, 0.15) is 0 Å². The Morgan fingerprint density at radius 1 is 1.25 bits per heavy atom. The van der Waals surface area contributed by atoms with Crippen LogP contribution in [0.2, 0.25) is 0 Å². The van der Waals surface area contributed by atoms with E-state index in [0.29, 0.717) is 0 Å². The lowest BCUT2D eigenvalue weighted by molar-refractivity contribution is -0.135. The van der Waals surface area contributed by atoms with E-state index < -0.39 is 5.60 Å². The molecule has 0 aromatic heterocycles. The predicted octanol–water partition coefficient (Wildman–Crippen LogP) is 3.90. The number of carbonyl (C=O) groups is 1. The molecule has 106 valence electrons. The summed E-state index contributed by atoms with van der Waals surface area (Å²) in [4.78, 5) is 12.5. The summed E-state index contributed by atoms with van der Waals surface area (Å²) in [6.07, 6.45) is 8.74. The maximum Gasteiger partial charge on any atom is 0.175 e. The smallest absolute Gasteiger partial charge is 0.175 e. The fourth-order valence-electron chi connectivity index (χ4n) is 2.48. The molecule has 2 nitrogen and oxygen atoms in total. The molecule has 0 bridgehead atoms. The van der Waals surface area contributed by atoms with E-state index in [1.807, 2.05) is 44.2 Å². The number of hydrogen-bond acceptors (Lipinski definition) is 2. The molecule has 0 spiro atoms. The molecule has 0 N–H and O–H groups in total.